The van der Waals surface area contributed by atoms with Crippen molar-refractivity contribution in [1.29, 1.82) is 0 Å². The van der Waals surface area contributed by atoms with Gasteiger partial charge in [-0.05, 0) is 19.3 Å². The number of nitrogens with zero attached hydrogens (tertiary/aromatic N) is 1. The van der Waals surface area contributed by atoms with E-state index in [0.717, 1.165) is 5.01 Å². The highest BCUT2D eigenvalue weighted by molar-refractivity contribution is 6.15. The zero-order valence-corrected chi connectivity index (χ0v) is 10.0. The normalized spacial score (nSPS) is 18.8. The second kappa shape index (κ2) is 4.63. The summed E-state index contributed by atoms with van der Waals surface area (Å²) >= 11 is 0. The highest BCUT2D eigenvalue weighted by Gasteiger charge is 2.53. The molecule has 1 aliphatic heterocycles. The Bertz CT molecular complexity index is 321. The quantitative estimate of drug-likeness (QED) is 0.727. The van der Waals surface area contributed by atoms with Crippen LogP contribution < -0.4 is 5.43 Å². The summed E-state index contributed by atoms with van der Waals surface area (Å²) in [5.74, 6) is -1.09. The molecule has 1 fully saturated rings. The number of hydrogen-bond donors (Lipinski definition) is 1. The lowest BCUT2D eigenvalue weighted by molar-refractivity contribution is -0.148. The molecule has 5 nitrogen and oxygen atoms in total. The Morgan fingerprint density at radius 1 is 1.25 bits per heavy atom. The maximum atomic E-state index is 12.0. The van der Waals surface area contributed by atoms with E-state index >= 15 is 0 Å². The average molecular weight is 226 g/mol. The lowest BCUT2D eigenvalue weighted by Gasteiger charge is -2.19. The van der Waals surface area contributed by atoms with Gasteiger partial charge in [0, 0.05) is 6.42 Å². The Labute approximate surface area is 95.1 Å². The van der Waals surface area contributed by atoms with Crippen molar-refractivity contribution in [2.45, 2.75) is 46.5 Å². The van der Waals surface area contributed by atoms with Crippen molar-refractivity contribution in [3.05, 3.63) is 0 Å². The Morgan fingerprint density at radius 3 is 2.19 bits per heavy atom. The lowest BCUT2D eigenvalue weighted by Crippen LogP contribution is -2.41. The number of amides is 3. The third kappa shape index (κ3) is 1.70. The smallest absolute Gasteiger partial charge is 0.263 e. The van der Waals surface area contributed by atoms with Crippen molar-refractivity contribution < 1.29 is 14.4 Å². The maximum Gasteiger partial charge on any atom is 0.263 e. The minimum atomic E-state index is -1.04. The number of rotatable bonds is 4. The summed E-state index contributed by atoms with van der Waals surface area (Å²) in [6.07, 6.45) is 1.77. The second-order valence-electron chi connectivity index (χ2n) is 4.01. The molecule has 1 saturated heterocycles. The van der Waals surface area contributed by atoms with Crippen LogP contribution in [0.25, 0.3) is 0 Å². The fourth-order valence-electron chi connectivity index (χ4n) is 1.95. The largest absolute Gasteiger partial charge is 0.273 e. The lowest BCUT2D eigenvalue weighted by atomic mass is 9.82. The van der Waals surface area contributed by atoms with Gasteiger partial charge in [0.05, 0.1) is 0 Å². The van der Waals surface area contributed by atoms with E-state index < -0.39 is 11.3 Å². The van der Waals surface area contributed by atoms with Gasteiger partial charge in [-0.25, -0.2) is 0 Å². The molecule has 0 spiro atoms. The first-order chi connectivity index (χ1) is 7.53. The van der Waals surface area contributed by atoms with Crippen LogP contribution in [-0.2, 0) is 14.4 Å². The topological polar surface area (TPSA) is 66.5 Å². The summed E-state index contributed by atoms with van der Waals surface area (Å²) in [6.45, 7) is 5.43. The van der Waals surface area contributed by atoms with Gasteiger partial charge >= 0.3 is 0 Å². The van der Waals surface area contributed by atoms with Gasteiger partial charge in [-0.3, -0.25) is 19.8 Å². The summed E-state index contributed by atoms with van der Waals surface area (Å²) < 4.78 is 0. The van der Waals surface area contributed by atoms with Crippen molar-refractivity contribution in [1.82, 2.24) is 10.4 Å². The zero-order valence-electron chi connectivity index (χ0n) is 10.0. The number of hydrazine groups is 1. The van der Waals surface area contributed by atoms with Crippen molar-refractivity contribution in [3.8, 4) is 0 Å². The fourth-order valence-corrected chi connectivity index (χ4v) is 1.95. The van der Waals surface area contributed by atoms with Gasteiger partial charge in [0.2, 0.25) is 5.91 Å². The van der Waals surface area contributed by atoms with Crippen LogP contribution in [0.4, 0.5) is 0 Å². The molecular formula is C11H18N2O3. The molecule has 0 aliphatic carbocycles. The van der Waals surface area contributed by atoms with Crippen LogP contribution in [0, 0.1) is 5.41 Å². The molecule has 0 aromatic rings. The number of carbonyl (C=O) groups excluding carboxylic acids is 3. The highest BCUT2D eigenvalue weighted by Crippen LogP contribution is 2.33. The van der Waals surface area contributed by atoms with Gasteiger partial charge < -0.3 is 0 Å². The van der Waals surface area contributed by atoms with E-state index in [4.69, 9.17) is 0 Å². The van der Waals surface area contributed by atoms with Crippen LogP contribution in [0.2, 0.25) is 0 Å². The Kier molecular flexibility index (Phi) is 3.67. The number of nitrogens with one attached hydrogen (secondary N) is 1. The van der Waals surface area contributed by atoms with Crippen molar-refractivity contribution in [2.24, 2.45) is 5.41 Å². The van der Waals surface area contributed by atoms with Crippen molar-refractivity contribution in [2.75, 3.05) is 0 Å². The molecule has 1 N–H and O–H groups in total. The van der Waals surface area contributed by atoms with Crippen molar-refractivity contribution in [3.63, 3.8) is 0 Å². The van der Waals surface area contributed by atoms with Crippen LogP contribution in [0.1, 0.15) is 46.5 Å². The third-order valence-electron chi connectivity index (χ3n) is 3.18. The minimum absolute atomic E-state index is 0.273. The van der Waals surface area contributed by atoms with Crippen LogP contribution >= 0.6 is 0 Å². The first-order valence-corrected chi connectivity index (χ1v) is 5.72. The molecular weight excluding hydrogens is 208 g/mol. The third-order valence-corrected chi connectivity index (χ3v) is 3.18. The molecule has 0 saturated carbocycles. The van der Waals surface area contributed by atoms with E-state index in [9.17, 15) is 14.4 Å². The predicted octanol–water partition coefficient (Wildman–Crippen LogP) is 0.993. The molecule has 16 heavy (non-hydrogen) atoms. The average Bonchev–Trinajstić information content (AvgIpc) is 2.52. The molecule has 1 aliphatic rings. The van der Waals surface area contributed by atoms with Crippen LogP contribution in [0.3, 0.4) is 0 Å². The summed E-state index contributed by atoms with van der Waals surface area (Å²) in [6, 6.07) is 0. The SMILES string of the molecule is CCCC(=O)N1NC(=O)C(CC)(CC)C1=O. The van der Waals surface area contributed by atoms with E-state index in [0.29, 0.717) is 19.3 Å². The summed E-state index contributed by atoms with van der Waals surface area (Å²) in [5.41, 5.74) is 1.34. The van der Waals surface area contributed by atoms with Crippen LogP contribution in [0.5, 0.6) is 0 Å². The molecule has 0 aromatic heterocycles. The van der Waals surface area contributed by atoms with E-state index in [2.05, 4.69) is 5.43 Å². The number of imide groups is 1. The number of carbonyl (C=O) groups is 3. The minimum Gasteiger partial charge on any atom is -0.273 e. The maximum absolute atomic E-state index is 12.0. The van der Waals surface area contributed by atoms with Gasteiger partial charge in [0.1, 0.15) is 5.41 Å². The molecule has 0 aromatic carbocycles. The molecule has 0 unspecified atom stereocenters. The first-order valence-electron chi connectivity index (χ1n) is 5.72. The molecule has 0 radical (unpaired) electrons. The molecule has 0 bridgehead atoms. The van der Waals surface area contributed by atoms with Gasteiger partial charge in [-0.2, -0.15) is 5.01 Å². The molecule has 90 valence electrons. The fraction of sp³-hybridized carbons (Fsp3) is 0.727. The van der Waals surface area contributed by atoms with Gasteiger partial charge in [0.25, 0.3) is 11.8 Å². The molecule has 1 heterocycles. The van der Waals surface area contributed by atoms with E-state index in [1.54, 1.807) is 13.8 Å². The van der Waals surface area contributed by atoms with E-state index in [1.807, 2.05) is 6.92 Å². The van der Waals surface area contributed by atoms with Crippen LogP contribution in [0.15, 0.2) is 0 Å². The summed E-state index contributed by atoms with van der Waals surface area (Å²) in [5, 5.41) is 0.888. The van der Waals surface area contributed by atoms with Gasteiger partial charge in [-0.15, -0.1) is 0 Å². The standard InChI is InChI=1S/C11H18N2O3/c1-4-7-8(14)13-10(16)11(5-2,6-3)9(15)12-13/h4-7H2,1-3H3,(H,12,15). The summed E-state index contributed by atoms with van der Waals surface area (Å²) in [7, 11) is 0. The van der Waals surface area contributed by atoms with E-state index in [1.165, 1.54) is 0 Å². The predicted molar refractivity (Wildman–Crippen MR) is 57.9 cm³/mol. The van der Waals surface area contributed by atoms with Gasteiger partial charge in [-0.1, -0.05) is 20.8 Å². The Balaban J connectivity index is 2.94. The first kappa shape index (κ1) is 12.7. The molecule has 1 rings (SSSR count). The second-order valence-corrected chi connectivity index (χ2v) is 4.01. The van der Waals surface area contributed by atoms with Gasteiger partial charge in [0.15, 0.2) is 0 Å². The monoisotopic (exact) mass is 226 g/mol. The highest BCUT2D eigenvalue weighted by atomic mass is 16.2. The summed E-state index contributed by atoms with van der Waals surface area (Å²) in [4.78, 5) is 35.4. The van der Waals surface area contributed by atoms with E-state index in [-0.39, 0.29) is 18.2 Å². The molecule has 3 amide bonds. The van der Waals surface area contributed by atoms with Crippen molar-refractivity contribution >= 4 is 17.7 Å². The Hall–Kier alpha value is -1.39. The molecule has 0 atom stereocenters. The number of hydrogen-bond acceptors (Lipinski definition) is 3. The van der Waals surface area contributed by atoms with Crippen LogP contribution in [-0.4, -0.2) is 22.7 Å². The molecule has 5 heteroatoms. The zero-order chi connectivity index (χ0) is 12.3. The Morgan fingerprint density at radius 2 is 1.81 bits per heavy atom.